The van der Waals surface area contributed by atoms with Gasteiger partial charge in [0.2, 0.25) is 0 Å². The molecule has 1 aliphatic rings. The van der Waals surface area contributed by atoms with E-state index >= 15 is 0 Å². The van der Waals surface area contributed by atoms with E-state index in [2.05, 4.69) is 0 Å². The van der Waals surface area contributed by atoms with E-state index in [1.54, 1.807) is 33.5 Å². The highest BCUT2D eigenvalue weighted by atomic mass is 16.6. The molecule has 2 atom stereocenters. The molecule has 0 aromatic heterocycles. The molecule has 3 aromatic carbocycles. The first-order valence-corrected chi connectivity index (χ1v) is 13.2. The number of hydrogen-bond donors (Lipinski definition) is 1. The molecule has 216 valence electrons. The van der Waals surface area contributed by atoms with Gasteiger partial charge in [-0.05, 0) is 47.5 Å². The number of benzene rings is 3. The fourth-order valence-corrected chi connectivity index (χ4v) is 4.34. The van der Waals surface area contributed by atoms with E-state index in [0.717, 1.165) is 22.6 Å². The normalized spacial score (nSPS) is 19.7. The zero-order chi connectivity index (χ0) is 28.2. The van der Waals surface area contributed by atoms with E-state index in [9.17, 15) is 5.11 Å². The molecule has 0 amide bonds. The Hall–Kier alpha value is -3.34. The smallest absolute Gasteiger partial charge is 0.126 e. The van der Waals surface area contributed by atoms with Crippen LogP contribution in [0.5, 0.6) is 23.0 Å². The highest BCUT2D eigenvalue weighted by Gasteiger charge is 2.18. The predicted octanol–water partition coefficient (Wildman–Crippen LogP) is 5.00. The predicted molar refractivity (Wildman–Crippen MR) is 148 cm³/mol. The summed E-state index contributed by atoms with van der Waals surface area (Å²) in [5, 5.41) is 11.0. The number of phenols is 1. The number of methoxy groups -OCH3 is 3. The summed E-state index contributed by atoms with van der Waals surface area (Å²) >= 11 is 0. The van der Waals surface area contributed by atoms with Crippen LogP contribution in [0.2, 0.25) is 0 Å². The van der Waals surface area contributed by atoms with Crippen LogP contribution in [0.4, 0.5) is 0 Å². The summed E-state index contributed by atoms with van der Waals surface area (Å²) in [6.45, 7) is 2.45. The zero-order valence-corrected chi connectivity index (χ0v) is 23.3. The number of fused-ring (bicyclic) bond motifs is 2. The van der Waals surface area contributed by atoms with Gasteiger partial charge in [0.15, 0.2) is 0 Å². The van der Waals surface area contributed by atoms with Crippen molar-refractivity contribution in [2.24, 2.45) is 0 Å². The van der Waals surface area contributed by atoms with Crippen molar-refractivity contribution in [1.82, 2.24) is 0 Å². The number of phenolic OH excluding ortho intramolecular Hbond substituents is 1. The van der Waals surface area contributed by atoms with Gasteiger partial charge in [0.25, 0.3) is 0 Å². The topological polar surface area (TPSA) is 94.1 Å². The van der Waals surface area contributed by atoms with Crippen LogP contribution in [0.1, 0.15) is 34.5 Å². The lowest BCUT2D eigenvalue weighted by molar-refractivity contribution is -0.0646. The molecule has 4 rings (SSSR count). The average molecular weight is 555 g/mol. The molecule has 1 aliphatic heterocycles. The van der Waals surface area contributed by atoms with Crippen molar-refractivity contribution < 1.29 is 43.0 Å². The SMILES string of the molecule is COc1ccc([C@H]2COCc3cc(OC)cc(c3O)COC[C@H](c3ccc(OC)cc3)OCCOCCO2)cc1. The third-order valence-electron chi connectivity index (χ3n) is 6.60. The van der Waals surface area contributed by atoms with Crippen molar-refractivity contribution in [3.63, 3.8) is 0 Å². The molecular formula is C31H38O9. The van der Waals surface area contributed by atoms with E-state index in [0.29, 0.717) is 43.3 Å². The maximum atomic E-state index is 11.0. The summed E-state index contributed by atoms with van der Waals surface area (Å²) in [6.07, 6.45) is -0.667. The fourth-order valence-electron chi connectivity index (χ4n) is 4.34. The molecule has 0 fully saturated rings. The standard InChI is InChI=1S/C31H38O9/c1-33-26-8-4-22(5-9-26)29-20-37-18-24-16-28(35-3)17-25(31(24)32)19-38-21-30(40-15-13-36-12-14-39-29)23-6-10-27(34-2)11-7-23/h4-11,16-17,29-30,32H,12-15,18-21H2,1-3H3/t29-,30-/m1/s1. The quantitative estimate of drug-likeness (QED) is 0.468. The van der Waals surface area contributed by atoms with Crippen LogP contribution >= 0.6 is 0 Å². The Labute approximate surface area is 235 Å². The van der Waals surface area contributed by atoms with Crippen molar-refractivity contribution in [1.29, 1.82) is 0 Å². The zero-order valence-electron chi connectivity index (χ0n) is 23.3. The lowest BCUT2D eigenvalue weighted by Crippen LogP contribution is -2.18. The van der Waals surface area contributed by atoms with Gasteiger partial charge < -0.3 is 43.0 Å². The minimum Gasteiger partial charge on any atom is -0.507 e. The molecular weight excluding hydrogens is 516 g/mol. The van der Waals surface area contributed by atoms with E-state index in [-0.39, 0.29) is 44.4 Å². The molecule has 0 saturated carbocycles. The Morgan fingerprint density at radius 1 is 0.575 bits per heavy atom. The Balaban J connectivity index is 1.52. The van der Waals surface area contributed by atoms with Crippen LogP contribution in [0.25, 0.3) is 0 Å². The summed E-state index contributed by atoms with van der Waals surface area (Å²) < 4.78 is 46.2. The maximum absolute atomic E-state index is 11.0. The Morgan fingerprint density at radius 3 is 1.40 bits per heavy atom. The van der Waals surface area contributed by atoms with Crippen LogP contribution in [0.15, 0.2) is 60.7 Å². The number of aromatic hydroxyl groups is 1. The summed E-state index contributed by atoms with van der Waals surface area (Å²) in [5.41, 5.74) is 3.09. The van der Waals surface area contributed by atoms with Crippen LogP contribution in [0.3, 0.4) is 0 Å². The van der Waals surface area contributed by atoms with Gasteiger partial charge in [-0.2, -0.15) is 0 Å². The molecule has 0 unspecified atom stereocenters. The number of hydrogen-bond acceptors (Lipinski definition) is 9. The molecule has 1 heterocycles. The highest BCUT2D eigenvalue weighted by Crippen LogP contribution is 2.31. The lowest BCUT2D eigenvalue weighted by atomic mass is 10.1. The van der Waals surface area contributed by atoms with Crippen LogP contribution in [-0.2, 0) is 36.9 Å². The third-order valence-corrected chi connectivity index (χ3v) is 6.60. The molecule has 1 N–H and O–H groups in total. The number of ether oxygens (including phenoxy) is 8. The van der Waals surface area contributed by atoms with E-state index in [4.69, 9.17) is 37.9 Å². The maximum Gasteiger partial charge on any atom is 0.126 e. The third kappa shape index (κ3) is 8.33. The largest absolute Gasteiger partial charge is 0.507 e. The molecule has 0 aliphatic carbocycles. The Bertz CT molecular complexity index is 1080. The van der Waals surface area contributed by atoms with Gasteiger partial charge in [0, 0.05) is 11.1 Å². The molecule has 0 spiro atoms. The lowest BCUT2D eigenvalue weighted by Gasteiger charge is -2.21. The average Bonchev–Trinajstić information content (AvgIpc) is 2.99. The summed E-state index contributed by atoms with van der Waals surface area (Å²) in [5.74, 6) is 2.24. The second-order valence-corrected chi connectivity index (χ2v) is 9.20. The number of rotatable bonds is 5. The van der Waals surface area contributed by atoms with E-state index in [1.165, 1.54) is 0 Å². The summed E-state index contributed by atoms with van der Waals surface area (Å²) in [7, 11) is 4.85. The van der Waals surface area contributed by atoms with E-state index in [1.807, 2.05) is 48.5 Å². The van der Waals surface area contributed by atoms with Crippen molar-refractivity contribution >= 4 is 0 Å². The Morgan fingerprint density at radius 2 is 1.00 bits per heavy atom. The van der Waals surface area contributed by atoms with Gasteiger partial charge in [-0.3, -0.25) is 0 Å². The second-order valence-electron chi connectivity index (χ2n) is 9.20. The molecule has 3 aromatic rings. The van der Waals surface area contributed by atoms with Gasteiger partial charge in [-0.15, -0.1) is 0 Å². The van der Waals surface area contributed by atoms with Crippen molar-refractivity contribution in [2.75, 3.05) is 61.0 Å². The van der Waals surface area contributed by atoms with Gasteiger partial charge in [0.1, 0.15) is 35.2 Å². The molecule has 40 heavy (non-hydrogen) atoms. The first-order chi connectivity index (χ1) is 19.6. The molecule has 2 bridgehead atoms. The van der Waals surface area contributed by atoms with Crippen molar-refractivity contribution in [2.45, 2.75) is 25.4 Å². The van der Waals surface area contributed by atoms with Crippen molar-refractivity contribution in [3.05, 3.63) is 82.9 Å². The fraction of sp³-hybridized carbons (Fsp3) is 0.419. The molecule has 9 heteroatoms. The first kappa shape index (κ1) is 29.6. The van der Waals surface area contributed by atoms with Gasteiger partial charge in [0.05, 0.1) is 74.2 Å². The minimum absolute atomic E-state index is 0.110. The van der Waals surface area contributed by atoms with Gasteiger partial charge >= 0.3 is 0 Å². The molecule has 0 radical (unpaired) electrons. The van der Waals surface area contributed by atoms with Crippen molar-refractivity contribution in [3.8, 4) is 23.0 Å². The summed E-state index contributed by atoms with van der Waals surface area (Å²) in [6, 6.07) is 18.9. The van der Waals surface area contributed by atoms with Crippen LogP contribution < -0.4 is 14.2 Å². The van der Waals surface area contributed by atoms with Gasteiger partial charge in [-0.25, -0.2) is 0 Å². The molecule has 0 saturated heterocycles. The van der Waals surface area contributed by atoms with E-state index < -0.39 is 0 Å². The first-order valence-electron chi connectivity index (χ1n) is 13.2. The minimum atomic E-state index is -0.334. The second kappa shape index (κ2) is 15.4. The molecule has 9 nitrogen and oxygen atoms in total. The van der Waals surface area contributed by atoms with Crippen LogP contribution in [0, 0.1) is 0 Å². The van der Waals surface area contributed by atoms with Gasteiger partial charge in [-0.1, -0.05) is 24.3 Å². The summed E-state index contributed by atoms with van der Waals surface area (Å²) in [4.78, 5) is 0. The Kier molecular flexibility index (Phi) is 11.4. The van der Waals surface area contributed by atoms with Crippen LogP contribution in [-0.4, -0.2) is 66.1 Å². The highest BCUT2D eigenvalue weighted by molar-refractivity contribution is 5.46. The monoisotopic (exact) mass is 554 g/mol.